The molecule has 5 rings (SSSR count). The molecule has 0 spiro atoms. The van der Waals surface area contributed by atoms with E-state index in [0.29, 0.717) is 29.1 Å². The molecule has 2 aromatic heterocycles. The van der Waals surface area contributed by atoms with E-state index in [1.165, 1.54) is 0 Å². The summed E-state index contributed by atoms with van der Waals surface area (Å²) in [6.07, 6.45) is 4.14. The van der Waals surface area contributed by atoms with Gasteiger partial charge in [0, 0.05) is 55.3 Å². The van der Waals surface area contributed by atoms with Gasteiger partial charge in [0.1, 0.15) is 17.6 Å². The second kappa shape index (κ2) is 13.3. The van der Waals surface area contributed by atoms with E-state index < -0.39 is 0 Å². The van der Waals surface area contributed by atoms with Crippen molar-refractivity contribution in [3.05, 3.63) is 82.6 Å². The lowest BCUT2D eigenvalue weighted by molar-refractivity contribution is -0.135. The summed E-state index contributed by atoms with van der Waals surface area (Å²) in [5, 5.41) is 10.4. The van der Waals surface area contributed by atoms with Crippen LogP contribution in [0.4, 0.5) is 5.82 Å². The molecule has 2 fully saturated rings. The van der Waals surface area contributed by atoms with Gasteiger partial charge < -0.3 is 14.5 Å². The molecule has 7 nitrogen and oxygen atoms in total. The van der Waals surface area contributed by atoms with Gasteiger partial charge >= 0.3 is 0 Å². The van der Waals surface area contributed by atoms with Gasteiger partial charge in [-0.25, -0.2) is 9.97 Å². The predicted molar refractivity (Wildman–Crippen MR) is 145 cm³/mol. The van der Waals surface area contributed by atoms with E-state index in [0.717, 1.165) is 56.3 Å². The van der Waals surface area contributed by atoms with Crippen LogP contribution in [0.3, 0.4) is 0 Å². The molecular formula is C28H29Cl2N5O2. The second-order valence-corrected chi connectivity index (χ2v) is 9.99. The van der Waals surface area contributed by atoms with Crippen LogP contribution in [-0.4, -0.2) is 53.6 Å². The summed E-state index contributed by atoms with van der Waals surface area (Å²) >= 11 is 11.4. The summed E-state index contributed by atoms with van der Waals surface area (Å²) in [6, 6.07) is 20.5. The molecule has 1 unspecified atom stereocenters. The summed E-state index contributed by atoms with van der Waals surface area (Å²) in [5.41, 5.74) is 0.421. The number of amides is 1. The fourth-order valence-electron chi connectivity index (χ4n) is 4.51. The molecule has 1 aromatic carbocycles. The minimum atomic E-state index is 0.0537. The zero-order valence-corrected chi connectivity index (χ0v) is 22.0. The van der Waals surface area contributed by atoms with E-state index in [1.54, 1.807) is 24.4 Å². The van der Waals surface area contributed by atoms with Crippen molar-refractivity contribution in [1.82, 2.24) is 14.9 Å². The predicted octanol–water partition coefficient (Wildman–Crippen LogP) is 5.49. The molecule has 0 saturated carbocycles. The molecule has 9 heteroatoms. The average Bonchev–Trinajstić information content (AvgIpc) is 3.42. The number of rotatable bonds is 5. The molecule has 0 aliphatic carbocycles. The van der Waals surface area contributed by atoms with Gasteiger partial charge in [-0.15, -0.1) is 0 Å². The number of halogens is 2. The molecule has 192 valence electrons. The zero-order valence-electron chi connectivity index (χ0n) is 20.5. The number of carbonyl (C=O) groups is 1. The van der Waals surface area contributed by atoms with Crippen LogP contribution in [0.5, 0.6) is 5.88 Å². The summed E-state index contributed by atoms with van der Waals surface area (Å²) in [7, 11) is 0. The number of ether oxygens (including phenoxy) is 1. The number of piperidine rings is 1. The van der Waals surface area contributed by atoms with Crippen LogP contribution in [0.15, 0.2) is 66.9 Å². The summed E-state index contributed by atoms with van der Waals surface area (Å²) in [5.74, 6) is 2.00. The van der Waals surface area contributed by atoms with E-state index in [1.807, 2.05) is 47.4 Å². The molecule has 0 N–H and O–H groups in total. The van der Waals surface area contributed by atoms with Gasteiger partial charge in [-0.05, 0) is 49.6 Å². The molecule has 2 saturated heterocycles. The first-order chi connectivity index (χ1) is 18.0. The molecule has 0 radical (unpaired) electrons. The van der Waals surface area contributed by atoms with Crippen molar-refractivity contribution in [1.29, 1.82) is 5.26 Å². The maximum absolute atomic E-state index is 13.0. The maximum atomic E-state index is 13.0. The Labute approximate surface area is 227 Å². The third-order valence-electron chi connectivity index (χ3n) is 6.51. The summed E-state index contributed by atoms with van der Waals surface area (Å²) in [6.45, 7) is 3.63. The third-order valence-corrected chi connectivity index (χ3v) is 6.99. The van der Waals surface area contributed by atoms with Gasteiger partial charge in [0.2, 0.25) is 11.8 Å². The number of carbonyl (C=O) groups excluding carboxylic acids is 1. The number of aromatic nitrogens is 2. The Bertz CT molecular complexity index is 1200. The highest BCUT2D eigenvalue weighted by molar-refractivity contribution is 6.30. The molecule has 4 heterocycles. The molecule has 1 amide bonds. The van der Waals surface area contributed by atoms with Crippen molar-refractivity contribution in [2.75, 3.05) is 37.7 Å². The van der Waals surface area contributed by atoms with Crippen LogP contribution in [0.25, 0.3) is 0 Å². The SMILES string of the molecule is Clc1ccccc1.N#Cc1cccc(N2CCC(C(=O)N3CCC(COc4ccc(Cl)cn4)C3)CC2)n1. The minimum Gasteiger partial charge on any atom is -0.477 e. The highest BCUT2D eigenvalue weighted by Gasteiger charge is 2.33. The number of nitrogens with zero attached hydrogens (tertiary/aromatic N) is 5. The molecule has 37 heavy (non-hydrogen) atoms. The second-order valence-electron chi connectivity index (χ2n) is 9.11. The first-order valence-electron chi connectivity index (χ1n) is 12.4. The topological polar surface area (TPSA) is 82.4 Å². The van der Waals surface area contributed by atoms with Crippen LogP contribution >= 0.6 is 23.2 Å². The van der Waals surface area contributed by atoms with Crippen molar-refractivity contribution in [3.63, 3.8) is 0 Å². The Morgan fingerprint density at radius 1 is 0.973 bits per heavy atom. The first kappa shape index (κ1) is 26.7. The molecule has 2 aliphatic heterocycles. The van der Waals surface area contributed by atoms with Crippen molar-refractivity contribution in [2.45, 2.75) is 19.3 Å². The third kappa shape index (κ3) is 7.82. The summed E-state index contributed by atoms with van der Waals surface area (Å²) < 4.78 is 5.76. The average molecular weight is 538 g/mol. The molecule has 2 aliphatic rings. The fraction of sp³-hybridized carbons (Fsp3) is 0.357. The van der Waals surface area contributed by atoms with Crippen LogP contribution in [0.2, 0.25) is 10.0 Å². The number of pyridine rings is 2. The zero-order chi connectivity index (χ0) is 26.0. The molecule has 0 bridgehead atoms. The van der Waals surface area contributed by atoms with Crippen molar-refractivity contribution < 1.29 is 9.53 Å². The van der Waals surface area contributed by atoms with E-state index in [4.69, 9.17) is 33.2 Å². The van der Waals surface area contributed by atoms with Crippen molar-refractivity contribution in [3.8, 4) is 11.9 Å². The monoisotopic (exact) mass is 537 g/mol. The van der Waals surface area contributed by atoms with Crippen LogP contribution in [0, 0.1) is 23.2 Å². The van der Waals surface area contributed by atoms with Gasteiger partial charge in [0.25, 0.3) is 0 Å². The lowest BCUT2D eigenvalue weighted by Gasteiger charge is -2.34. The Morgan fingerprint density at radius 3 is 2.41 bits per heavy atom. The van der Waals surface area contributed by atoms with E-state index in [2.05, 4.69) is 20.9 Å². The quantitative estimate of drug-likeness (QED) is 0.428. The largest absolute Gasteiger partial charge is 0.477 e. The molecular weight excluding hydrogens is 509 g/mol. The highest BCUT2D eigenvalue weighted by Crippen LogP contribution is 2.26. The Balaban J connectivity index is 0.000000396. The fourth-order valence-corrected chi connectivity index (χ4v) is 4.77. The van der Waals surface area contributed by atoms with Gasteiger partial charge in [-0.3, -0.25) is 4.79 Å². The van der Waals surface area contributed by atoms with Gasteiger partial charge in [-0.1, -0.05) is 47.5 Å². The lowest BCUT2D eigenvalue weighted by Crippen LogP contribution is -2.42. The van der Waals surface area contributed by atoms with Crippen molar-refractivity contribution in [2.24, 2.45) is 11.8 Å². The van der Waals surface area contributed by atoms with Crippen LogP contribution in [0.1, 0.15) is 25.0 Å². The van der Waals surface area contributed by atoms with E-state index in [-0.39, 0.29) is 11.8 Å². The van der Waals surface area contributed by atoms with Gasteiger partial charge in [0.15, 0.2) is 0 Å². The smallest absolute Gasteiger partial charge is 0.225 e. The van der Waals surface area contributed by atoms with Crippen LogP contribution in [-0.2, 0) is 4.79 Å². The van der Waals surface area contributed by atoms with Crippen LogP contribution < -0.4 is 9.64 Å². The number of nitriles is 1. The minimum absolute atomic E-state index is 0.0537. The summed E-state index contributed by atoms with van der Waals surface area (Å²) in [4.78, 5) is 25.6. The maximum Gasteiger partial charge on any atom is 0.225 e. The number of likely N-dealkylation sites (tertiary alicyclic amines) is 1. The normalized spacial score (nSPS) is 17.5. The van der Waals surface area contributed by atoms with E-state index in [9.17, 15) is 4.79 Å². The van der Waals surface area contributed by atoms with Gasteiger partial charge in [0.05, 0.1) is 11.6 Å². The Morgan fingerprint density at radius 2 is 1.76 bits per heavy atom. The molecule has 1 atom stereocenters. The number of hydrogen-bond acceptors (Lipinski definition) is 6. The lowest BCUT2D eigenvalue weighted by atomic mass is 9.95. The molecule has 3 aromatic rings. The van der Waals surface area contributed by atoms with Gasteiger partial charge in [-0.2, -0.15) is 5.26 Å². The van der Waals surface area contributed by atoms with E-state index >= 15 is 0 Å². The Hall–Kier alpha value is -3.34. The number of hydrogen-bond donors (Lipinski definition) is 0. The first-order valence-corrected chi connectivity index (χ1v) is 13.1. The standard InChI is InChI=1S/C22H24ClN5O2.C6H5Cl/c23-18-4-5-21(25-13-18)30-15-16-6-9-28(14-16)22(29)17-7-10-27(11-8-17)20-3-1-2-19(12-24)26-20;7-6-4-2-1-3-5-6/h1-5,13,16-17H,6-11,14-15H2;1-5H. The Kier molecular flexibility index (Phi) is 9.58. The number of benzene rings is 1. The number of anilines is 1. The van der Waals surface area contributed by atoms with Crippen molar-refractivity contribution >= 4 is 34.9 Å². The highest BCUT2D eigenvalue weighted by atomic mass is 35.5.